The fourth-order valence-corrected chi connectivity index (χ4v) is 3.26. The monoisotopic (exact) mass is 378 g/mol. The van der Waals surface area contributed by atoms with E-state index < -0.39 is 0 Å². The lowest BCUT2D eigenvalue weighted by Gasteiger charge is -2.13. The fraction of sp³-hybridized carbons (Fsp3) is 0.435. The lowest BCUT2D eigenvalue weighted by molar-refractivity contribution is 0.660. The van der Waals surface area contributed by atoms with Crippen LogP contribution in [0.15, 0.2) is 42.6 Å². The summed E-state index contributed by atoms with van der Waals surface area (Å²) in [6.07, 6.45) is 7.81. The van der Waals surface area contributed by atoms with Crippen LogP contribution in [0.4, 0.5) is 11.6 Å². The van der Waals surface area contributed by atoms with Crippen LogP contribution in [0.1, 0.15) is 63.0 Å². The second-order valence-electron chi connectivity index (χ2n) is 7.55. The van der Waals surface area contributed by atoms with Gasteiger partial charge in [-0.15, -0.1) is 0 Å². The Bertz CT molecular complexity index is 854. The normalized spacial score (nSPS) is 11.2. The summed E-state index contributed by atoms with van der Waals surface area (Å²) in [5, 5.41) is 11.6. The van der Waals surface area contributed by atoms with Gasteiger partial charge in [0, 0.05) is 24.7 Å². The molecule has 1 aromatic carbocycles. The molecule has 2 N–H and O–H groups in total. The van der Waals surface area contributed by atoms with E-state index >= 15 is 0 Å². The van der Waals surface area contributed by atoms with Gasteiger partial charge < -0.3 is 10.6 Å². The third-order valence-corrected chi connectivity index (χ3v) is 4.92. The number of hydrogen-bond donors (Lipinski definition) is 2. The van der Waals surface area contributed by atoms with Crippen LogP contribution in [0.25, 0.3) is 5.65 Å². The standard InChI is InChI=1S/C23H32N5/c1-4-5-6-7-11-14-24-21-15-22(25-16-19-12-9-8-10-13-19)28-23(27-21)20(17-26-28)18(2)3/h8-10,12-13,15,17-18,25H,1,4-7,11,14,16H2,2-3H3,(H,24,27)/q+1. The Morgan fingerprint density at radius 3 is 2.57 bits per heavy atom. The van der Waals surface area contributed by atoms with Crippen molar-refractivity contribution in [1.29, 1.82) is 0 Å². The maximum absolute atomic E-state index is 4.85. The highest BCUT2D eigenvalue weighted by atomic mass is 15.3. The van der Waals surface area contributed by atoms with Crippen molar-refractivity contribution in [1.82, 2.24) is 14.6 Å². The lowest BCUT2D eigenvalue weighted by Crippen LogP contribution is -2.10. The van der Waals surface area contributed by atoms with Crippen LogP contribution in [0.2, 0.25) is 0 Å². The van der Waals surface area contributed by atoms with Crippen LogP contribution in [-0.4, -0.2) is 21.1 Å². The van der Waals surface area contributed by atoms with Gasteiger partial charge in [0.15, 0.2) is 5.65 Å². The molecule has 2 heterocycles. The number of aromatic nitrogens is 3. The number of nitrogens with zero attached hydrogens (tertiary/aromatic N) is 3. The summed E-state index contributed by atoms with van der Waals surface area (Å²) in [6, 6.07) is 12.5. The minimum absolute atomic E-state index is 0.380. The second-order valence-corrected chi connectivity index (χ2v) is 7.55. The van der Waals surface area contributed by atoms with E-state index in [9.17, 15) is 0 Å². The Labute approximate surface area is 168 Å². The Hall–Kier alpha value is -2.69. The summed E-state index contributed by atoms with van der Waals surface area (Å²) in [7, 11) is 0. The summed E-state index contributed by atoms with van der Waals surface area (Å²) in [5.41, 5.74) is 3.33. The van der Waals surface area contributed by atoms with E-state index in [1.807, 2.05) is 16.8 Å². The molecule has 3 rings (SSSR count). The van der Waals surface area contributed by atoms with Gasteiger partial charge in [0.2, 0.25) is 0 Å². The third kappa shape index (κ3) is 5.18. The third-order valence-electron chi connectivity index (χ3n) is 4.92. The summed E-state index contributed by atoms with van der Waals surface area (Å²) in [5.74, 6) is 2.24. The molecule has 2 aromatic heterocycles. The largest absolute Gasteiger partial charge is 0.370 e. The molecule has 0 aliphatic rings. The second kappa shape index (κ2) is 10.0. The molecule has 0 aliphatic heterocycles. The maximum atomic E-state index is 4.85. The first kappa shape index (κ1) is 20.1. The molecule has 0 aliphatic carbocycles. The van der Waals surface area contributed by atoms with Gasteiger partial charge in [0.1, 0.15) is 11.6 Å². The Kier molecular flexibility index (Phi) is 7.18. The summed E-state index contributed by atoms with van der Waals surface area (Å²) >= 11 is 0. The SMILES string of the molecule is [CH2+]CCCCCCNc1cc(NCc2ccccc2)n2ncc(C(C)C)c2n1. The molecular weight excluding hydrogens is 346 g/mol. The van der Waals surface area contributed by atoms with Crippen molar-refractivity contribution in [3.05, 3.63) is 60.6 Å². The van der Waals surface area contributed by atoms with Crippen molar-refractivity contribution in [2.75, 3.05) is 17.2 Å². The number of fused-ring (bicyclic) bond motifs is 1. The summed E-state index contributed by atoms with van der Waals surface area (Å²) in [4.78, 5) is 4.85. The quantitative estimate of drug-likeness (QED) is 0.334. The van der Waals surface area contributed by atoms with Gasteiger partial charge in [0.05, 0.1) is 19.5 Å². The van der Waals surface area contributed by atoms with Crippen LogP contribution < -0.4 is 10.6 Å². The highest BCUT2D eigenvalue weighted by molar-refractivity contribution is 5.61. The van der Waals surface area contributed by atoms with E-state index in [-0.39, 0.29) is 0 Å². The van der Waals surface area contributed by atoms with Crippen molar-refractivity contribution >= 4 is 17.3 Å². The van der Waals surface area contributed by atoms with Gasteiger partial charge in [-0.3, -0.25) is 0 Å². The zero-order valence-corrected chi connectivity index (χ0v) is 17.1. The zero-order valence-electron chi connectivity index (χ0n) is 17.1. The Morgan fingerprint density at radius 1 is 1.04 bits per heavy atom. The van der Waals surface area contributed by atoms with Gasteiger partial charge in [-0.25, -0.2) is 4.98 Å². The number of hydrogen-bond acceptors (Lipinski definition) is 4. The first-order chi connectivity index (χ1) is 13.7. The first-order valence-electron chi connectivity index (χ1n) is 10.4. The Morgan fingerprint density at radius 2 is 1.82 bits per heavy atom. The van der Waals surface area contributed by atoms with Gasteiger partial charge in [-0.2, -0.15) is 9.61 Å². The average molecular weight is 379 g/mol. The summed E-state index contributed by atoms with van der Waals surface area (Å²) < 4.78 is 1.91. The molecule has 148 valence electrons. The maximum Gasteiger partial charge on any atom is 0.163 e. The molecule has 0 bridgehead atoms. The van der Waals surface area contributed by atoms with Gasteiger partial charge >= 0.3 is 0 Å². The van der Waals surface area contributed by atoms with Crippen molar-refractivity contribution in [3.8, 4) is 0 Å². The fourth-order valence-electron chi connectivity index (χ4n) is 3.26. The molecule has 0 atom stereocenters. The van der Waals surface area contributed by atoms with E-state index in [0.717, 1.165) is 43.2 Å². The molecule has 0 radical (unpaired) electrons. The van der Waals surface area contributed by atoms with E-state index in [4.69, 9.17) is 4.98 Å². The molecule has 3 aromatic rings. The van der Waals surface area contributed by atoms with E-state index in [1.54, 1.807) is 0 Å². The van der Waals surface area contributed by atoms with Crippen LogP contribution in [0, 0.1) is 6.92 Å². The topological polar surface area (TPSA) is 54.2 Å². The molecule has 0 spiro atoms. The molecule has 28 heavy (non-hydrogen) atoms. The van der Waals surface area contributed by atoms with Crippen molar-refractivity contribution in [2.24, 2.45) is 0 Å². The molecule has 0 saturated heterocycles. The number of unbranched alkanes of at least 4 members (excludes halogenated alkanes) is 4. The highest BCUT2D eigenvalue weighted by Crippen LogP contribution is 2.24. The molecule has 0 unspecified atom stereocenters. The molecular formula is C23H32N5+. The van der Waals surface area contributed by atoms with Gasteiger partial charge in [0.25, 0.3) is 0 Å². The number of rotatable bonds is 11. The average Bonchev–Trinajstić information content (AvgIpc) is 3.14. The molecule has 0 saturated carbocycles. The zero-order chi connectivity index (χ0) is 19.8. The molecule has 5 nitrogen and oxygen atoms in total. The van der Waals surface area contributed by atoms with Crippen LogP contribution in [-0.2, 0) is 6.54 Å². The van der Waals surface area contributed by atoms with Crippen molar-refractivity contribution in [2.45, 2.75) is 58.4 Å². The molecule has 5 heteroatoms. The van der Waals surface area contributed by atoms with Gasteiger partial charge in [-0.1, -0.05) is 50.6 Å². The minimum Gasteiger partial charge on any atom is -0.370 e. The molecule has 0 fully saturated rings. The van der Waals surface area contributed by atoms with Crippen molar-refractivity contribution in [3.63, 3.8) is 0 Å². The summed E-state index contributed by atoms with van der Waals surface area (Å²) in [6.45, 7) is 9.95. The number of anilines is 2. The van der Waals surface area contributed by atoms with E-state index in [1.165, 1.54) is 30.4 Å². The predicted molar refractivity (Wildman–Crippen MR) is 118 cm³/mol. The van der Waals surface area contributed by atoms with Crippen LogP contribution in [0.3, 0.4) is 0 Å². The predicted octanol–water partition coefficient (Wildman–Crippen LogP) is 5.66. The van der Waals surface area contributed by atoms with Crippen molar-refractivity contribution < 1.29 is 0 Å². The molecule has 0 amide bonds. The number of nitrogens with one attached hydrogen (secondary N) is 2. The number of benzene rings is 1. The van der Waals surface area contributed by atoms with E-state index in [2.05, 4.69) is 66.8 Å². The van der Waals surface area contributed by atoms with Crippen LogP contribution >= 0.6 is 0 Å². The van der Waals surface area contributed by atoms with Gasteiger partial charge in [-0.05, 0) is 30.7 Å². The van der Waals surface area contributed by atoms with E-state index in [0.29, 0.717) is 5.92 Å². The Balaban J connectivity index is 1.76. The lowest BCUT2D eigenvalue weighted by atomic mass is 10.1. The first-order valence-corrected chi connectivity index (χ1v) is 10.4. The highest BCUT2D eigenvalue weighted by Gasteiger charge is 2.14. The minimum atomic E-state index is 0.380. The smallest absolute Gasteiger partial charge is 0.163 e. The van der Waals surface area contributed by atoms with Crippen LogP contribution in [0.5, 0.6) is 0 Å².